The van der Waals surface area contributed by atoms with Crippen LogP contribution in [0.2, 0.25) is 0 Å². The van der Waals surface area contributed by atoms with Gasteiger partial charge in [0.15, 0.2) is 0 Å². The fourth-order valence-corrected chi connectivity index (χ4v) is 1.42. The molecule has 0 radical (unpaired) electrons. The van der Waals surface area contributed by atoms with Crippen LogP contribution in [0, 0.1) is 11.6 Å². The van der Waals surface area contributed by atoms with Gasteiger partial charge in [-0.15, -0.1) is 0 Å². The minimum Gasteiger partial charge on any atom is -0.392 e. The molecule has 0 aliphatic rings. The summed E-state index contributed by atoms with van der Waals surface area (Å²) in [6.45, 7) is 3.27. The van der Waals surface area contributed by atoms with E-state index in [2.05, 4.69) is 0 Å². The minimum atomic E-state index is -0.647. The highest BCUT2D eigenvalue weighted by Crippen LogP contribution is 2.24. The first-order valence-electron chi connectivity index (χ1n) is 4.15. The summed E-state index contributed by atoms with van der Waals surface area (Å²) in [5.74, 6) is -1.28. The molecule has 1 rings (SSSR count). The zero-order valence-corrected chi connectivity index (χ0v) is 7.64. The minimum absolute atomic E-state index is 0.0530. The fraction of sp³-hybridized carbons (Fsp3) is 0.400. The number of hydrogen-bond acceptors (Lipinski definition) is 1. The van der Waals surface area contributed by atoms with Gasteiger partial charge >= 0.3 is 0 Å². The molecule has 0 spiro atoms. The molecule has 0 bridgehead atoms. The van der Waals surface area contributed by atoms with E-state index < -0.39 is 11.6 Å². The maximum atomic E-state index is 13.2. The second-order valence-corrected chi connectivity index (χ2v) is 3.27. The van der Waals surface area contributed by atoms with Gasteiger partial charge in [-0.3, -0.25) is 0 Å². The summed E-state index contributed by atoms with van der Waals surface area (Å²) < 4.78 is 25.9. The van der Waals surface area contributed by atoms with Gasteiger partial charge in [0.2, 0.25) is 0 Å². The summed E-state index contributed by atoms with van der Waals surface area (Å²) in [6.07, 6.45) is 0. The second-order valence-electron chi connectivity index (χ2n) is 3.27. The Kier molecular flexibility index (Phi) is 2.98. The van der Waals surface area contributed by atoms with Crippen molar-refractivity contribution in [3.8, 4) is 0 Å². The van der Waals surface area contributed by atoms with Crippen LogP contribution in [-0.2, 0) is 6.61 Å². The molecule has 0 atom stereocenters. The van der Waals surface area contributed by atoms with Crippen molar-refractivity contribution in [2.45, 2.75) is 26.4 Å². The van der Waals surface area contributed by atoms with E-state index in [0.717, 1.165) is 6.07 Å². The van der Waals surface area contributed by atoms with Gasteiger partial charge in [-0.05, 0) is 23.1 Å². The van der Waals surface area contributed by atoms with Gasteiger partial charge < -0.3 is 5.11 Å². The first kappa shape index (κ1) is 10.1. The highest BCUT2D eigenvalue weighted by Gasteiger charge is 2.13. The maximum Gasteiger partial charge on any atom is 0.129 e. The average molecular weight is 186 g/mol. The van der Waals surface area contributed by atoms with Crippen molar-refractivity contribution < 1.29 is 13.9 Å². The third-order valence-electron chi connectivity index (χ3n) is 1.93. The molecule has 0 fully saturated rings. The van der Waals surface area contributed by atoms with Gasteiger partial charge in [0, 0.05) is 6.07 Å². The molecular formula is C10H12F2O. The van der Waals surface area contributed by atoms with Crippen molar-refractivity contribution in [3.63, 3.8) is 0 Å². The first-order valence-corrected chi connectivity index (χ1v) is 4.15. The Balaban J connectivity index is 3.30. The van der Waals surface area contributed by atoms with E-state index in [1.165, 1.54) is 6.07 Å². The van der Waals surface area contributed by atoms with Gasteiger partial charge in [-0.25, -0.2) is 8.78 Å². The zero-order valence-electron chi connectivity index (χ0n) is 7.64. The van der Waals surface area contributed by atoms with Crippen molar-refractivity contribution in [2.24, 2.45) is 0 Å². The standard InChI is InChI=1S/C10H12F2O/c1-6(2)10-7(5-13)3-8(11)4-9(10)12/h3-4,6,13H,5H2,1-2H3. The summed E-state index contributed by atoms with van der Waals surface area (Å²) >= 11 is 0. The van der Waals surface area contributed by atoms with Gasteiger partial charge in [-0.2, -0.15) is 0 Å². The Labute approximate surface area is 76.0 Å². The lowest BCUT2D eigenvalue weighted by atomic mass is 9.97. The lowest BCUT2D eigenvalue weighted by molar-refractivity contribution is 0.278. The Morgan fingerprint density at radius 2 is 1.92 bits per heavy atom. The van der Waals surface area contributed by atoms with Crippen molar-refractivity contribution in [1.29, 1.82) is 0 Å². The number of aliphatic hydroxyl groups is 1. The molecule has 72 valence electrons. The van der Waals surface area contributed by atoms with E-state index in [4.69, 9.17) is 5.11 Å². The van der Waals surface area contributed by atoms with Gasteiger partial charge in [0.25, 0.3) is 0 Å². The molecule has 0 saturated carbocycles. The second kappa shape index (κ2) is 3.83. The fourth-order valence-electron chi connectivity index (χ4n) is 1.42. The molecule has 1 N–H and O–H groups in total. The summed E-state index contributed by atoms with van der Waals surface area (Å²) in [4.78, 5) is 0. The molecule has 13 heavy (non-hydrogen) atoms. The van der Waals surface area contributed by atoms with E-state index in [1.54, 1.807) is 13.8 Å². The highest BCUT2D eigenvalue weighted by atomic mass is 19.1. The maximum absolute atomic E-state index is 13.2. The summed E-state index contributed by atoms with van der Waals surface area (Å²) in [5, 5.41) is 8.88. The van der Waals surface area contributed by atoms with Crippen molar-refractivity contribution in [1.82, 2.24) is 0 Å². The molecular weight excluding hydrogens is 174 g/mol. The molecule has 0 aliphatic heterocycles. The van der Waals surface area contributed by atoms with Crippen molar-refractivity contribution in [2.75, 3.05) is 0 Å². The van der Waals surface area contributed by atoms with Crippen LogP contribution >= 0.6 is 0 Å². The van der Waals surface area contributed by atoms with Gasteiger partial charge in [0.05, 0.1) is 6.61 Å². The quantitative estimate of drug-likeness (QED) is 0.752. The predicted molar refractivity (Wildman–Crippen MR) is 46.4 cm³/mol. The number of rotatable bonds is 2. The lowest BCUT2D eigenvalue weighted by Crippen LogP contribution is -2.01. The monoisotopic (exact) mass is 186 g/mol. The molecule has 0 saturated heterocycles. The van der Waals surface area contributed by atoms with Crippen LogP contribution in [0.4, 0.5) is 8.78 Å². The van der Waals surface area contributed by atoms with Crippen LogP contribution < -0.4 is 0 Å². The van der Waals surface area contributed by atoms with Crippen LogP contribution in [-0.4, -0.2) is 5.11 Å². The van der Waals surface area contributed by atoms with Crippen LogP contribution in [0.15, 0.2) is 12.1 Å². The SMILES string of the molecule is CC(C)c1c(F)cc(F)cc1CO. The average Bonchev–Trinajstić information content (AvgIpc) is 2.01. The van der Waals surface area contributed by atoms with Crippen LogP contribution in [0.3, 0.4) is 0 Å². The Morgan fingerprint density at radius 3 is 2.38 bits per heavy atom. The van der Waals surface area contributed by atoms with Gasteiger partial charge in [-0.1, -0.05) is 13.8 Å². The molecule has 0 aliphatic carbocycles. The van der Waals surface area contributed by atoms with E-state index in [1.807, 2.05) is 0 Å². The molecule has 1 aromatic rings. The normalized spacial score (nSPS) is 10.9. The van der Waals surface area contributed by atoms with Crippen LogP contribution in [0.1, 0.15) is 30.9 Å². The number of halogens is 2. The van der Waals surface area contributed by atoms with Crippen molar-refractivity contribution in [3.05, 3.63) is 34.9 Å². The summed E-state index contributed by atoms with van der Waals surface area (Å²) in [6, 6.07) is 2.01. The third kappa shape index (κ3) is 2.04. The topological polar surface area (TPSA) is 20.2 Å². The number of benzene rings is 1. The first-order chi connectivity index (χ1) is 6.06. The van der Waals surface area contributed by atoms with Crippen molar-refractivity contribution >= 4 is 0 Å². The van der Waals surface area contributed by atoms with E-state index >= 15 is 0 Å². The number of hydrogen-bond donors (Lipinski definition) is 1. The molecule has 3 heteroatoms. The van der Waals surface area contributed by atoms with E-state index in [-0.39, 0.29) is 12.5 Å². The van der Waals surface area contributed by atoms with Gasteiger partial charge in [0.1, 0.15) is 11.6 Å². The lowest BCUT2D eigenvalue weighted by Gasteiger charge is -2.11. The molecule has 0 unspecified atom stereocenters. The Bertz CT molecular complexity index is 308. The smallest absolute Gasteiger partial charge is 0.129 e. The third-order valence-corrected chi connectivity index (χ3v) is 1.93. The number of aliphatic hydroxyl groups excluding tert-OH is 1. The van der Waals surface area contributed by atoms with Crippen LogP contribution in [0.25, 0.3) is 0 Å². The largest absolute Gasteiger partial charge is 0.392 e. The zero-order chi connectivity index (χ0) is 10.0. The van der Waals surface area contributed by atoms with E-state index in [0.29, 0.717) is 11.1 Å². The molecule has 0 heterocycles. The molecule has 1 aromatic carbocycles. The summed E-state index contributed by atoms with van der Waals surface area (Å²) in [7, 11) is 0. The predicted octanol–water partition coefficient (Wildman–Crippen LogP) is 2.58. The van der Waals surface area contributed by atoms with E-state index in [9.17, 15) is 8.78 Å². The Hall–Kier alpha value is -0.960. The molecule has 0 aromatic heterocycles. The van der Waals surface area contributed by atoms with Crippen LogP contribution in [0.5, 0.6) is 0 Å². The molecule has 0 amide bonds. The molecule has 1 nitrogen and oxygen atoms in total. The summed E-state index contributed by atoms with van der Waals surface area (Å²) in [5.41, 5.74) is 0.719. The Morgan fingerprint density at radius 1 is 1.31 bits per heavy atom. The highest BCUT2D eigenvalue weighted by molar-refractivity contribution is 5.31.